The third-order valence-electron chi connectivity index (χ3n) is 5.17. The maximum absolute atomic E-state index is 13.5. The van der Waals surface area contributed by atoms with Crippen LogP contribution < -0.4 is 9.64 Å². The zero-order chi connectivity index (χ0) is 19.7. The summed E-state index contributed by atoms with van der Waals surface area (Å²) in [7, 11) is 0. The highest BCUT2D eigenvalue weighted by Gasteiger charge is 2.35. The van der Waals surface area contributed by atoms with E-state index in [9.17, 15) is 14.0 Å². The SMILES string of the molecule is CC1Oc2ccccc2N(CCC(=O)N(Cc2cccc(F)c2)C2CC2)C1=O. The quantitative estimate of drug-likeness (QED) is 0.768. The standard InChI is InChI=1S/C22H23FN2O3/c1-15-22(27)24(19-7-2-3-8-20(19)28-15)12-11-21(26)25(18-9-10-18)14-16-5-4-6-17(23)13-16/h2-8,13,15,18H,9-12,14H2,1H3. The molecule has 4 rings (SSSR count). The van der Waals surface area contributed by atoms with Gasteiger partial charge in [0, 0.05) is 25.6 Å². The number of hydrogen-bond donors (Lipinski definition) is 0. The molecule has 2 amide bonds. The summed E-state index contributed by atoms with van der Waals surface area (Å²) in [6.45, 7) is 2.41. The van der Waals surface area contributed by atoms with Crippen molar-refractivity contribution in [3.05, 3.63) is 59.9 Å². The molecule has 6 heteroatoms. The Balaban J connectivity index is 1.46. The van der Waals surface area contributed by atoms with Gasteiger partial charge >= 0.3 is 0 Å². The minimum atomic E-state index is -0.572. The molecule has 0 spiro atoms. The third-order valence-corrected chi connectivity index (χ3v) is 5.17. The number of benzene rings is 2. The number of hydrogen-bond acceptors (Lipinski definition) is 3. The number of fused-ring (bicyclic) bond motifs is 1. The second kappa shape index (κ2) is 7.62. The molecule has 2 aliphatic rings. The first-order valence-electron chi connectivity index (χ1n) is 9.64. The number of halogens is 1. The van der Waals surface area contributed by atoms with Crippen molar-refractivity contribution in [2.45, 2.75) is 44.9 Å². The molecule has 28 heavy (non-hydrogen) atoms. The van der Waals surface area contributed by atoms with Gasteiger partial charge in [0.1, 0.15) is 11.6 Å². The lowest BCUT2D eigenvalue weighted by Gasteiger charge is -2.33. The van der Waals surface area contributed by atoms with E-state index in [1.165, 1.54) is 12.1 Å². The lowest BCUT2D eigenvalue weighted by Crippen LogP contribution is -2.46. The van der Waals surface area contributed by atoms with E-state index in [0.29, 0.717) is 24.5 Å². The molecule has 2 aromatic rings. The lowest BCUT2D eigenvalue weighted by molar-refractivity contribution is -0.132. The van der Waals surface area contributed by atoms with Gasteiger partial charge in [-0.25, -0.2) is 4.39 Å². The van der Waals surface area contributed by atoms with Crippen LogP contribution in [0.5, 0.6) is 5.75 Å². The van der Waals surface area contributed by atoms with E-state index in [1.807, 2.05) is 35.2 Å². The minimum absolute atomic E-state index is 0.0174. The first kappa shape index (κ1) is 18.5. The molecule has 0 N–H and O–H groups in total. The van der Waals surface area contributed by atoms with Crippen LogP contribution in [-0.4, -0.2) is 35.4 Å². The van der Waals surface area contributed by atoms with Gasteiger partial charge in [-0.3, -0.25) is 9.59 Å². The predicted octanol–water partition coefficient (Wildman–Crippen LogP) is 3.52. The van der Waals surface area contributed by atoms with Crippen LogP contribution in [0.4, 0.5) is 10.1 Å². The fourth-order valence-electron chi connectivity index (χ4n) is 3.58. The average Bonchev–Trinajstić information content (AvgIpc) is 3.51. The summed E-state index contributed by atoms with van der Waals surface area (Å²) >= 11 is 0. The molecule has 1 heterocycles. The van der Waals surface area contributed by atoms with E-state index in [-0.39, 0.29) is 30.1 Å². The molecule has 0 aromatic heterocycles. The normalized spacial score (nSPS) is 18.4. The number of carbonyl (C=O) groups is 2. The Bertz CT molecular complexity index is 897. The first-order valence-corrected chi connectivity index (χ1v) is 9.64. The maximum atomic E-state index is 13.5. The Kier molecular flexibility index (Phi) is 5.03. The molecule has 2 aromatic carbocycles. The van der Waals surface area contributed by atoms with Gasteiger partial charge in [0.15, 0.2) is 6.10 Å². The minimum Gasteiger partial charge on any atom is -0.479 e. The van der Waals surface area contributed by atoms with E-state index in [4.69, 9.17) is 4.74 Å². The second-order valence-electron chi connectivity index (χ2n) is 7.35. The summed E-state index contributed by atoms with van der Waals surface area (Å²) in [6.07, 6.45) is 1.59. The highest BCUT2D eigenvalue weighted by molar-refractivity contribution is 6.00. The van der Waals surface area contributed by atoms with Gasteiger partial charge in [0.25, 0.3) is 5.91 Å². The number of carbonyl (C=O) groups excluding carboxylic acids is 2. The highest BCUT2D eigenvalue weighted by atomic mass is 19.1. The molecule has 0 bridgehead atoms. The van der Waals surface area contributed by atoms with E-state index in [0.717, 1.165) is 18.4 Å². The molecule has 0 radical (unpaired) electrons. The monoisotopic (exact) mass is 382 g/mol. The van der Waals surface area contributed by atoms with Crippen molar-refractivity contribution >= 4 is 17.5 Å². The Labute approximate surface area is 163 Å². The highest BCUT2D eigenvalue weighted by Crippen LogP contribution is 2.34. The molecule has 1 unspecified atom stereocenters. The number of rotatable bonds is 6. The molecular weight excluding hydrogens is 359 g/mol. The molecule has 1 saturated carbocycles. The van der Waals surface area contributed by atoms with Gasteiger partial charge in [-0.15, -0.1) is 0 Å². The summed E-state index contributed by atoms with van der Waals surface area (Å²) in [6, 6.07) is 13.9. The maximum Gasteiger partial charge on any atom is 0.267 e. The largest absolute Gasteiger partial charge is 0.479 e. The molecule has 1 atom stereocenters. The molecule has 1 aliphatic heterocycles. The zero-order valence-corrected chi connectivity index (χ0v) is 15.8. The molecule has 5 nitrogen and oxygen atoms in total. The average molecular weight is 382 g/mol. The number of anilines is 1. The summed E-state index contributed by atoms with van der Waals surface area (Å²) < 4.78 is 19.1. The molecular formula is C22H23FN2O3. The van der Waals surface area contributed by atoms with Crippen LogP contribution in [0, 0.1) is 5.82 Å². The first-order chi connectivity index (χ1) is 13.5. The Morgan fingerprint density at radius 1 is 1.21 bits per heavy atom. The fourth-order valence-corrected chi connectivity index (χ4v) is 3.58. The van der Waals surface area contributed by atoms with Crippen LogP contribution in [0.15, 0.2) is 48.5 Å². The van der Waals surface area contributed by atoms with E-state index < -0.39 is 6.10 Å². The zero-order valence-electron chi connectivity index (χ0n) is 15.8. The topological polar surface area (TPSA) is 49.9 Å². The second-order valence-corrected chi connectivity index (χ2v) is 7.35. The van der Waals surface area contributed by atoms with Crippen molar-refractivity contribution in [3.8, 4) is 5.75 Å². The molecule has 1 fully saturated rings. The van der Waals surface area contributed by atoms with E-state index >= 15 is 0 Å². The number of nitrogens with zero attached hydrogens (tertiary/aromatic N) is 2. The van der Waals surface area contributed by atoms with Crippen molar-refractivity contribution < 1.29 is 18.7 Å². The van der Waals surface area contributed by atoms with Crippen molar-refractivity contribution in [2.75, 3.05) is 11.4 Å². The molecule has 0 saturated heterocycles. The summed E-state index contributed by atoms with van der Waals surface area (Å²) in [5.74, 6) is 0.192. The van der Waals surface area contributed by atoms with Crippen LogP contribution in [-0.2, 0) is 16.1 Å². The van der Waals surface area contributed by atoms with Crippen molar-refractivity contribution in [2.24, 2.45) is 0 Å². The van der Waals surface area contributed by atoms with Crippen molar-refractivity contribution in [1.29, 1.82) is 0 Å². The molecule has 1 aliphatic carbocycles. The van der Waals surface area contributed by atoms with E-state index in [2.05, 4.69) is 0 Å². The number of para-hydroxylation sites is 2. The molecule has 146 valence electrons. The summed E-state index contributed by atoms with van der Waals surface area (Å²) in [5, 5.41) is 0. The third kappa shape index (κ3) is 3.86. The van der Waals surface area contributed by atoms with Gasteiger partial charge in [0.05, 0.1) is 5.69 Å². The Morgan fingerprint density at radius 3 is 2.75 bits per heavy atom. The fraction of sp³-hybridized carbons (Fsp3) is 0.364. The van der Waals surface area contributed by atoms with Crippen LogP contribution in [0.2, 0.25) is 0 Å². The van der Waals surface area contributed by atoms with Gasteiger partial charge < -0.3 is 14.5 Å². The Hall–Kier alpha value is -2.89. The lowest BCUT2D eigenvalue weighted by atomic mass is 10.1. The van der Waals surface area contributed by atoms with Crippen molar-refractivity contribution in [3.63, 3.8) is 0 Å². The van der Waals surface area contributed by atoms with Crippen LogP contribution in [0.3, 0.4) is 0 Å². The van der Waals surface area contributed by atoms with Gasteiger partial charge in [-0.05, 0) is 49.6 Å². The van der Waals surface area contributed by atoms with Crippen LogP contribution >= 0.6 is 0 Å². The van der Waals surface area contributed by atoms with E-state index in [1.54, 1.807) is 17.9 Å². The Morgan fingerprint density at radius 2 is 2.00 bits per heavy atom. The van der Waals surface area contributed by atoms with Gasteiger partial charge in [0.2, 0.25) is 5.91 Å². The smallest absolute Gasteiger partial charge is 0.267 e. The summed E-state index contributed by atoms with van der Waals surface area (Å²) in [5.41, 5.74) is 1.48. The van der Waals surface area contributed by atoms with Crippen LogP contribution in [0.1, 0.15) is 31.7 Å². The number of ether oxygens (including phenoxy) is 1. The number of amides is 2. The summed E-state index contributed by atoms with van der Waals surface area (Å²) in [4.78, 5) is 28.9. The van der Waals surface area contributed by atoms with Gasteiger partial charge in [-0.2, -0.15) is 0 Å². The van der Waals surface area contributed by atoms with Crippen molar-refractivity contribution in [1.82, 2.24) is 4.90 Å². The van der Waals surface area contributed by atoms with Gasteiger partial charge in [-0.1, -0.05) is 24.3 Å². The predicted molar refractivity (Wildman–Crippen MR) is 103 cm³/mol. The van der Waals surface area contributed by atoms with Crippen LogP contribution in [0.25, 0.3) is 0 Å².